The van der Waals surface area contributed by atoms with Gasteiger partial charge in [-0.25, -0.2) is 4.98 Å². The largest absolute Gasteiger partial charge is 0.364 e. The van der Waals surface area contributed by atoms with Crippen LogP contribution in [0.5, 0.6) is 0 Å². The molecule has 0 radical (unpaired) electrons. The Labute approximate surface area is 111 Å². The van der Waals surface area contributed by atoms with E-state index in [0.717, 1.165) is 10.6 Å². The van der Waals surface area contributed by atoms with Crippen LogP contribution in [0.15, 0.2) is 42.5 Å². The zero-order chi connectivity index (χ0) is 13.0. The van der Waals surface area contributed by atoms with E-state index >= 15 is 0 Å². The zero-order valence-electron chi connectivity index (χ0n) is 9.89. The highest BCUT2D eigenvalue weighted by Gasteiger charge is 2.06. The highest BCUT2D eigenvalue weighted by molar-refractivity contribution is 6.30. The molecule has 0 amide bonds. The molecule has 0 saturated heterocycles. The van der Waals surface area contributed by atoms with E-state index in [1.165, 1.54) is 0 Å². The number of nitrogens with one attached hydrogen (secondary N) is 1. The van der Waals surface area contributed by atoms with E-state index in [2.05, 4.69) is 10.3 Å². The van der Waals surface area contributed by atoms with Gasteiger partial charge >= 0.3 is 0 Å². The third-order valence-corrected chi connectivity index (χ3v) is 2.85. The second-order valence-electron chi connectivity index (χ2n) is 3.94. The van der Waals surface area contributed by atoms with E-state index in [0.29, 0.717) is 11.5 Å². The first-order valence-corrected chi connectivity index (χ1v) is 5.96. The van der Waals surface area contributed by atoms with Crippen LogP contribution in [0.3, 0.4) is 0 Å². The molecule has 0 saturated carbocycles. The van der Waals surface area contributed by atoms with Crippen LogP contribution >= 0.6 is 11.6 Å². The number of anilines is 1. The van der Waals surface area contributed by atoms with Crippen LogP contribution in [0, 0.1) is 11.3 Å². The minimum atomic E-state index is 0.101. The van der Waals surface area contributed by atoms with Crippen molar-refractivity contribution in [1.82, 2.24) is 4.98 Å². The van der Waals surface area contributed by atoms with Gasteiger partial charge in [-0.15, -0.1) is 0 Å². The van der Waals surface area contributed by atoms with Crippen LogP contribution < -0.4 is 5.32 Å². The Hall–Kier alpha value is -2.05. The second kappa shape index (κ2) is 5.52. The summed E-state index contributed by atoms with van der Waals surface area (Å²) in [7, 11) is 0. The molecule has 1 aromatic carbocycles. The van der Waals surface area contributed by atoms with Crippen LogP contribution in [0.1, 0.15) is 24.2 Å². The van der Waals surface area contributed by atoms with Crippen molar-refractivity contribution in [2.24, 2.45) is 0 Å². The molecule has 0 aliphatic heterocycles. The van der Waals surface area contributed by atoms with Gasteiger partial charge in [0.1, 0.15) is 17.6 Å². The van der Waals surface area contributed by atoms with E-state index in [-0.39, 0.29) is 6.04 Å². The lowest BCUT2D eigenvalue weighted by Crippen LogP contribution is -2.08. The predicted octanol–water partition coefficient (Wildman–Crippen LogP) is 3.78. The van der Waals surface area contributed by atoms with E-state index in [9.17, 15) is 0 Å². The Morgan fingerprint density at radius 2 is 1.94 bits per heavy atom. The number of hydrogen-bond acceptors (Lipinski definition) is 3. The fraction of sp³-hybridized carbons (Fsp3) is 0.143. The average molecular weight is 258 g/mol. The molecule has 0 bridgehead atoms. The quantitative estimate of drug-likeness (QED) is 0.910. The minimum absolute atomic E-state index is 0.101. The molecule has 3 nitrogen and oxygen atoms in total. The number of rotatable bonds is 3. The summed E-state index contributed by atoms with van der Waals surface area (Å²) in [6, 6.07) is 15.1. The molecule has 1 heterocycles. The van der Waals surface area contributed by atoms with Crippen molar-refractivity contribution in [3.63, 3.8) is 0 Å². The maximum Gasteiger partial charge on any atom is 0.142 e. The summed E-state index contributed by atoms with van der Waals surface area (Å²) in [5, 5.41) is 12.8. The van der Waals surface area contributed by atoms with E-state index in [4.69, 9.17) is 16.9 Å². The first kappa shape index (κ1) is 12.4. The standard InChI is InChI=1S/C14H12ClN3/c1-10(11-5-7-12(15)8-6-11)17-14-4-2-3-13(9-16)18-14/h2-8,10H,1H3,(H,17,18). The summed E-state index contributed by atoms with van der Waals surface area (Å²) >= 11 is 5.85. The van der Waals surface area contributed by atoms with E-state index in [1.54, 1.807) is 6.07 Å². The van der Waals surface area contributed by atoms with Crippen molar-refractivity contribution in [3.8, 4) is 6.07 Å². The molecule has 2 aromatic rings. The minimum Gasteiger partial charge on any atom is -0.364 e. The summed E-state index contributed by atoms with van der Waals surface area (Å²) in [6.07, 6.45) is 0. The van der Waals surface area contributed by atoms with Crippen LogP contribution in [-0.2, 0) is 0 Å². The predicted molar refractivity (Wildman–Crippen MR) is 72.4 cm³/mol. The number of hydrogen-bond donors (Lipinski definition) is 1. The highest BCUT2D eigenvalue weighted by Crippen LogP contribution is 2.19. The molecule has 1 N–H and O–H groups in total. The number of aromatic nitrogens is 1. The highest BCUT2D eigenvalue weighted by atomic mass is 35.5. The lowest BCUT2D eigenvalue weighted by atomic mass is 10.1. The summed E-state index contributed by atoms with van der Waals surface area (Å²) in [5.41, 5.74) is 1.52. The fourth-order valence-corrected chi connectivity index (χ4v) is 1.76. The summed E-state index contributed by atoms with van der Waals surface area (Å²) in [6.45, 7) is 2.03. The molecular formula is C14H12ClN3. The fourth-order valence-electron chi connectivity index (χ4n) is 1.63. The third kappa shape index (κ3) is 2.99. The van der Waals surface area contributed by atoms with Gasteiger partial charge in [0.25, 0.3) is 0 Å². The Kier molecular flexibility index (Phi) is 3.81. The number of nitriles is 1. The van der Waals surface area contributed by atoms with Gasteiger partial charge < -0.3 is 5.32 Å². The molecule has 90 valence electrons. The normalized spacial score (nSPS) is 11.6. The van der Waals surface area contributed by atoms with E-state index < -0.39 is 0 Å². The van der Waals surface area contributed by atoms with Gasteiger partial charge in [-0.2, -0.15) is 5.26 Å². The Morgan fingerprint density at radius 1 is 1.22 bits per heavy atom. The van der Waals surface area contributed by atoms with Crippen molar-refractivity contribution in [2.75, 3.05) is 5.32 Å². The summed E-state index contributed by atoms with van der Waals surface area (Å²) < 4.78 is 0. The van der Waals surface area contributed by atoms with Gasteiger partial charge in [-0.05, 0) is 36.8 Å². The molecule has 18 heavy (non-hydrogen) atoms. The molecule has 0 aliphatic rings. The van der Waals surface area contributed by atoms with Gasteiger partial charge in [0.05, 0.1) is 0 Å². The lowest BCUT2D eigenvalue weighted by Gasteiger charge is -2.15. The number of nitrogens with zero attached hydrogens (tertiary/aromatic N) is 2. The topological polar surface area (TPSA) is 48.7 Å². The van der Waals surface area contributed by atoms with Crippen molar-refractivity contribution in [2.45, 2.75) is 13.0 Å². The average Bonchev–Trinajstić information content (AvgIpc) is 2.39. The van der Waals surface area contributed by atoms with Gasteiger partial charge in [0.2, 0.25) is 0 Å². The molecule has 1 aromatic heterocycles. The monoisotopic (exact) mass is 257 g/mol. The second-order valence-corrected chi connectivity index (χ2v) is 4.37. The molecule has 4 heteroatoms. The number of halogens is 1. The first-order valence-electron chi connectivity index (χ1n) is 5.58. The van der Waals surface area contributed by atoms with Crippen molar-refractivity contribution in [1.29, 1.82) is 5.26 Å². The van der Waals surface area contributed by atoms with Crippen LogP contribution in [0.4, 0.5) is 5.82 Å². The molecule has 2 rings (SSSR count). The smallest absolute Gasteiger partial charge is 0.142 e. The molecule has 0 fully saturated rings. The van der Waals surface area contributed by atoms with Gasteiger partial charge in [0, 0.05) is 11.1 Å². The van der Waals surface area contributed by atoms with Gasteiger partial charge in [0.15, 0.2) is 0 Å². The zero-order valence-corrected chi connectivity index (χ0v) is 10.6. The van der Waals surface area contributed by atoms with E-state index in [1.807, 2.05) is 49.4 Å². The molecule has 0 spiro atoms. The molecule has 0 aliphatic carbocycles. The van der Waals surface area contributed by atoms with Crippen molar-refractivity contribution < 1.29 is 0 Å². The van der Waals surface area contributed by atoms with Crippen LogP contribution in [-0.4, -0.2) is 4.98 Å². The van der Waals surface area contributed by atoms with Crippen LogP contribution in [0.25, 0.3) is 0 Å². The molecule has 1 atom stereocenters. The first-order chi connectivity index (χ1) is 8.69. The van der Waals surface area contributed by atoms with Crippen LogP contribution in [0.2, 0.25) is 5.02 Å². The summed E-state index contributed by atoms with van der Waals surface area (Å²) in [4.78, 5) is 4.18. The Bertz CT molecular complexity index is 572. The van der Waals surface area contributed by atoms with Gasteiger partial charge in [-0.1, -0.05) is 29.8 Å². The molecular weight excluding hydrogens is 246 g/mol. The lowest BCUT2D eigenvalue weighted by molar-refractivity contribution is 0.874. The summed E-state index contributed by atoms with van der Waals surface area (Å²) in [5.74, 6) is 0.691. The SMILES string of the molecule is CC(Nc1cccc(C#N)n1)c1ccc(Cl)cc1. The maximum atomic E-state index is 8.79. The van der Waals surface area contributed by atoms with Crippen molar-refractivity contribution in [3.05, 3.63) is 58.7 Å². The molecule has 1 unspecified atom stereocenters. The maximum absolute atomic E-state index is 8.79. The van der Waals surface area contributed by atoms with Gasteiger partial charge in [-0.3, -0.25) is 0 Å². The Balaban J connectivity index is 2.13. The van der Waals surface area contributed by atoms with Crippen molar-refractivity contribution >= 4 is 17.4 Å². The third-order valence-electron chi connectivity index (χ3n) is 2.60. The number of benzene rings is 1. The Morgan fingerprint density at radius 3 is 2.61 bits per heavy atom. The number of pyridine rings is 1.